The van der Waals surface area contributed by atoms with E-state index in [-0.39, 0.29) is 25.5 Å². The van der Waals surface area contributed by atoms with E-state index >= 15 is 0 Å². The van der Waals surface area contributed by atoms with E-state index in [0.29, 0.717) is 5.92 Å². The van der Waals surface area contributed by atoms with Crippen LogP contribution in [0.2, 0.25) is 19.6 Å². The Labute approximate surface area is 306 Å². The number of para-hydroxylation sites is 1. The molecule has 7 aromatic rings. The molecule has 7 rings (SSSR count). The van der Waals surface area contributed by atoms with Gasteiger partial charge in [0.2, 0.25) is 0 Å². The standard InChI is InChI=1S/C26H20NO.C18H24NSi.Ir/c1-26(2,19-8-4-3-5-9-19)20-14-15-27-23(17-20)18-12-13-25-22(16-18)21-10-6-7-11-24(21)28-25;1-14(2)11-16-12-17(15-9-7-6-8-10-15)19-13-18(16)20(3,4)5;/h3-11,13-17H,1-2H3;6-9,12-14H,11H2,1-5H3;/q2*-1;. The topological polar surface area (TPSA) is 38.9 Å². The van der Waals surface area contributed by atoms with Crippen LogP contribution in [-0.2, 0) is 31.9 Å². The summed E-state index contributed by atoms with van der Waals surface area (Å²) < 4.78 is 5.93. The van der Waals surface area contributed by atoms with Crippen molar-refractivity contribution in [1.82, 2.24) is 9.97 Å². The van der Waals surface area contributed by atoms with Crippen LogP contribution < -0.4 is 5.19 Å². The van der Waals surface area contributed by atoms with Crippen LogP contribution in [0.15, 0.2) is 126 Å². The minimum absolute atomic E-state index is 0. The Morgan fingerprint density at radius 3 is 2.14 bits per heavy atom. The molecule has 0 bridgehead atoms. The molecule has 0 saturated carbocycles. The first-order valence-corrected chi connectivity index (χ1v) is 20.3. The first kappa shape index (κ1) is 36.1. The van der Waals surface area contributed by atoms with E-state index in [1.807, 2.05) is 48.7 Å². The fourth-order valence-electron chi connectivity index (χ4n) is 6.29. The molecule has 3 heterocycles. The van der Waals surface area contributed by atoms with Gasteiger partial charge in [0.1, 0.15) is 5.58 Å². The number of nitrogens with zero attached hydrogens (tertiary/aromatic N) is 2. The van der Waals surface area contributed by atoms with E-state index in [0.717, 1.165) is 50.9 Å². The van der Waals surface area contributed by atoms with E-state index in [9.17, 15) is 0 Å². The quantitative estimate of drug-likeness (QED) is 0.119. The fraction of sp³-hybridized carbons (Fsp3) is 0.227. The maximum atomic E-state index is 5.93. The van der Waals surface area contributed by atoms with E-state index in [2.05, 4.69) is 142 Å². The Morgan fingerprint density at radius 1 is 0.714 bits per heavy atom. The maximum absolute atomic E-state index is 5.93. The molecular formula is C44H44IrN2OSi-2. The third kappa shape index (κ3) is 8.19. The van der Waals surface area contributed by atoms with Crippen LogP contribution in [0.5, 0.6) is 0 Å². The van der Waals surface area contributed by atoms with Crippen LogP contribution in [0.3, 0.4) is 0 Å². The average Bonchev–Trinajstić information content (AvgIpc) is 3.47. The second-order valence-electron chi connectivity index (χ2n) is 14.5. The molecule has 0 atom stereocenters. The van der Waals surface area contributed by atoms with Crippen LogP contribution in [0.4, 0.5) is 0 Å². The minimum atomic E-state index is -1.34. The van der Waals surface area contributed by atoms with Gasteiger partial charge in [-0.25, -0.2) is 0 Å². The van der Waals surface area contributed by atoms with Gasteiger partial charge in [-0.2, -0.15) is 0 Å². The Balaban J connectivity index is 0.000000199. The van der Waals surface area contributed by atoms with Crippen molar-refractivity contribution in [1.29, 1.82) is 0 Å². The average molecular weight is 837 g/mol. The fourth-order valence-corrected chi connectivity index (χ4v) is 7.88. The molecule has 0 saturated heterocycles. The smallest absolute Gasteiger partial charge is 0.120 e. The molecule has 251 valence electrons. The molecule has 49 heavy (non-hydrogen) atoms. The molecule has 0 aliphatic heterocycles. The van der Waals surface area contributed by atoms with E-state index in [4.69, 9.17) is 4.42 Å². The van der Waals surface area contributed by atoms with Gasteiger partial charge in [0.05, 0.1) is 13.7 Å². The Hall–Kier alpha value is -4.15. The summed E-state index contributed by atoms with van der Waals surface area (Å²) >= 11 is 0. The van der Waals surface area contributed by atoms with Crippen LogP contribution in [0, 0.1) is 18.1 Å². The third-order valence-corrected chi connectivity index (χ3v) is 11.0. The van der Waals surface area contributed by atoms with Crippen molar-refractivity contribution in [3.05, 3.63) is 150 Å². The van der Waals surface area contributed by atoms with Gasteiger partial charge in [0.25, 0.3) is 0 Å². The third-order valence-electron chi connectivity index (χ3n) is 8.97. The number of fused-ring (bicyclic) bond motifs is 3. The molecule has 0 fully saturated rings. The van der Waals surface area contributed by atoms with Crippen molar-refractivity contribution in [2.45, 2.75) is 59.2 Å². The molecule has 0 unspecified atom stereocenters. The van der Waals surface area contributed by atoms with Crippen LogP contribution in [0.1, 0.15) is 44.4 Å². The van der Waals surface area contributed by atoms with Crippen molar-refractivity contribution in [3.8, 4) is 22.5 Å². The zero-order chi connectivity index (χ0) is 33.9. The first-order valence-electron chi connectivity index (χ1n) is 16.8. The van der Waals surface area contributed by atoms with E-state index < -0.39 is 8.07 Å². The monoisotopic (exact) mass is 837 g/mol. The molecule has 3 nitrogen and oxygen atoms in total. The van der Waals surface area contributed by atoms with Gasteiger partial charge in [-0.1, -0.05) is 119 Å². The van der Waals surface area contributed by atoms with Crippen molar-refractivity contribution in [2.24, 2.45) is 5.92 Å². The molecule has 0 amide bonds. The molecule has 0 aliphatic rings. The first-order chi connectivity index (χ1) is 23.0. The molecule has 4 aromatic carbocycles. The summed E-state index contributed by atoms with van der Waals surface area (Å²) in [6.07, 6.45) is 5.13. The van der Waals surface area contributed by atoms with Crippen LogP contribution in [0.25, 0.3) is 44.5 Å². The Morgan fingerprint density at radius 2 is 1.43 bits per heavy atom. The Bertz CT molecular complexity index is 2150. The summed E-state index contributed by atoms with van der Waals surface area (Å²) in [5, 5.41) is 3.71. The van der Waals surface area contributed by atoms with Gasteiger partial charge in [-0.05, 0) is 52.2 Å². The number of aromatic nitrogens is 2. The van der Waals surface area contributed by atoms with E-state index in [1.165, 1.54) is 21.9 Å². The number of hydrogen-bond acceptors (Lipinski definition) is 3. The van der Waals surface area contributed by atoms with Crippen LogP contribution in [-0.4, -0.2) is 18.0 Å². The van der Waals surface area contributed by atoms with Gasteiger partial charge in [0, 0.05) is 43.3 Å². The number of rotatable bonds is 7. The second-order valence-corrected chi connectivity index (χ2v) is 19.5. The summed E-state index contributed by atoms with van der Waals surface area (Å²) in [7, 11) is -1.34. The largest absolute Gasteiger partial charge is 0.500 e. The van der Waals surface area contributed by atoms with Crippen molar-refractivity contribution in [3.63, 3.8) is 0 Å². The summed E-state index contributed by atoms with van der Waals surface area (Å²) in [5.74, 6) is 0.667. The predicted molar refractivity (Wildman–Crippen MR) is 204 cm³/mol. The summed E-state index contributed by atoms with van der Waals surface area (Å²) in [5.41, 5.74) is 9.66. The van der Waals surface area contributed by atoms with Gasteiger partial charge < -0.3 is 14.4 Å². The van der Waals surface area contributed by atoms with E-state index in [1.54, 1.807) is 0 Å². The van der Waals surface area contributed by atoms with Crippen LogP contribution >= 0.6 is 0 Å². The molecule has 0 spiro atoms. The summed E-state index contributed by atoms with van der Waals surface area (Å²) in [6, 6.07) is 44.0. The SMILES string of the molecule is CC(C)(c1ccccc1)c1ccnc(-c2[c-]cc3oc4ccccc4c3c2)c1.CC(C)Cc1cc(-c2[c-]cccc2)ncc1[Si](C)(C)C.[Ir]. The van der Waals surface area contributed by atoms with Gasteiger partial charge in [-0.3, -0.25) is 0 Å². The minimum Gasteiger partial charge on any atom is -0.500 e. The number of pyridine rings is 2. The maximum Gasteiger partial charge on any atom is 0.120 e. The van der Waals surface area contributed by atoms with Gasteiger partial charge in [0.15, 0.2) is 0 Å². The van der Waals surface area contributed by atoms with Crippen molar-refractivity contribution < 1.29 is 24.5 Å². The van der Waals surface area contributed by atoms with Gasteiger partial charge >= 0.3 is 0 Å². The Kier molecular flexibility index (Phi) is 11.2. The molecule has 3 aromatic heterocycles. The summed E-state index contributed by atoms with van der Waals surface area (Å²) in [4.78, 5) is 9.31. The molecule has 0 aliphatic carbocycles. The van der Waals surface area contributed by atoms with Crippen molar-refractivity contribution in [2.75, 3.05) is 0 Å². The molecule has 0 N–H and O–H groups in total. The summed E-state index contributed by atoms with van der Waals surface area (Å²) in [6.45, 7) is 16.2. The molecule has 5 heteroatoms. The number of furan rings is 1. The zero-order valence-corrected chi connectivity index (χ0v) is 32.9. The van der Waals surface area contributed by atoms with Gasteiger partial charge in [-0.15, -0.1) is 59.7 Å². The number of hydrogen-bond donors (Lipinski definition) is 0. The molecule has 1 radical (unpaired) electrons. The van der Waals surface area contributed by atoms with Crippen molar-refractivity contribution >= 4 is 35.2 Å². The number of benzene rings is 4. The second kappa shape index (κ2) is 15.2. The normalized spacial score (nSPS) is 11.7. The zero-order valence-electron chi connectivity index (χ0n) is 29.5. The molecular weight excluding hydrogens is 793 g/mol. The predicted octanol–water partition coefficient (Wildman–Crippen LogP) is 11.1.